The average Bonchev–Trinajstić information content (AvgIpc) is 1.59. The van der Waals surface area contributed by atoms with E-state index in [0.29, 0.717) is 0 Å². The van der Waals surface area contributed by atoms with Crippen LogP contribution in [-0.2, 0) is 0 Å². The van der Waals surface area contributed by atoms with Crippen molar-refractivity contribution >= 4 is 29.6 Å². The van der Waals surface area contributed by atoms with E-state index in [9.17, 15) is 0 Å². The quantitative estimate of drug-likeness (QED) is 0.586. The molecular weight excluding hydrogens is 123 g/mol. The summed E-state index contributed by atoms with van der Waals surface area (Å²) in [5.41, 5.74) is -0.448. The first kappa shape index (κ1) is 12.6. The molecule has 52 valence electrons. The zero-order chi connectivity index (χ0) is 6.62. The van der Waals surface area contributed by atoms with Crippen molar-refractivity contribution in [3.8, 4) is 0 Å². The summed E-state index contributed by atoms with van der Waals surface area (Å²) < 4.78 is 0. The third kappa shape index (κ3) is 12.2. The number of hydrogen-bond acceptors (Lipinski definition) is 1. The average molecular weight is 140 g/mol. The summed E-state index contributed by atoms with van der Waals surface area (Å²) in [5.74, 6) is 0. The minimum atomic E-state index is -0.448. The van der Waals surface area contributed by atoms with E-state index in [1.165, 1.54) is 6.42 Å². The van der Waals surface area contributed by atoms with Gasteiger partial charge in [0.05, 0.1) is 5.60 Å². The van der Waals surface area contributed by atoms with Gasteiger partial charge in [-0.05, 0) is 20.3 Å². The van der Waals surface area contributed by atoms with Crippen molar-refractivity contribution in [1.29, 1.82) is 0 Å². The van der Waals surface area contributed by atoms with Crippen molar-refractivity contribution in [3.05, 3.63) is 0 Å². The Kier molecular flexibility index (Phi) is 8.02. The predicted octanol–water partition coefficient (Wildman–Crippen LogP) is 1.30. The summed E-state index contributed by atoms with van der Waals surface area (Å²) in [6, 6.07) is 0. The number of aliphatic hydroxyl groups is 1. The Morgan fingerprint density at radius 2 is 1.78 bits per heavy atom. The second-order valence-corrected chi connectivity index (χ2v) is 2.92. The Labute approximate surface area is 80.1 Å². The molecule has 0 aromatic rings. The topological polar surface area (TPSA) is 20.2 Å². The van der Waals surface area contributed by atoms with Crippen LogP contribution in [0, 0.1) is 0 Å². The molecule has 0 spiro atoms. The third-order valence-electron chi connectivity index (χ3n) is 1.14. The van der Waals surface area contributed by atoms with Crippen molar-refractivity contribution in [2.45, 2.75) is 45.6 Å². The summed E-state index contributed by atoms with van der Waals surface area (Å²) in [7, 11) is 0. The van der Waals surface area contributed by atoms with Crippen LogP contribution in [0.25, 0.3) is 0 Å². The summed E-state index contributed by atoms with van der Waals surface area (Å²) in [5, 5.41) is 9.15. The van der Waals surface area contributed by atoms with Gasteiger partial charge in [0, 0.05) is 0 Å². The fourth-order valence-corrected chi connectivity index (χ4v) is 0.609. The second kappa shape index (κ2) is 5.72. The van der Waals surface area contributed by atoms with Crippen LogP contribution < -0.4 is 0 Å². The molecule has 0 fully saturated rings. The van der Waals surface area contributed by atoms with Crippen LogP contribution >= 0.6 is 0 Å². The maximum absolute atomic E-state index is 9.15. The first-order valence-electron chi connectivity index (χ1n) is 3.28. The molecular formula is C7H17NaO. The predicted molar refractivity (Wildman–Crippen MR) is 43.0 cm³/mol. The van der Waals surface area contributed by atoms with Gasteiger partial charge in [0.15, 0.2) is 0 Å². The molecule has 0 aliphatic rings. The standard InChI is InChI=1S/C7H16O.Na.H/c1-4-5-6-7(2,3)8;;/h8H,4-6H2,1-3H3;;. The maximum atomic E-state index is 9.15. The normalized spacial score (nSPS) is 10.7. The second-order valence-electron chi connectivity index (χ2n) is 2.92. The monoisotopic (exact) mass is 140 g/mol. The van der Waals surface area contributed by atoms with E-state index in [0.717, 1.165) is 12.8 Å². The molecule has 9 heavy (non-hydrogen) atoms. The molecule has 0 saturated carbocycles. The fraction of sp³-hybridized carbons (Fsp3) is 1.00. The first-order valence-corrected chi connectivity index (χ1v) is 3.28. The SMILES string of the molecule is CCCCC(C)(C)O.[NaH]. The molecule has 0 aliphatic heterocycles. The molecule has 0 aromatic heterocycles. The zero-order valence-electron chi connectivity index (χ0n) is 6.07. The summed E-state index contributed by atoms with van der Waals surface area (Å²) >= 11 is 0. The Morgan fingerprint density at radius 3 is 1.89 bits per heavy atom. The molecule has 0 bridgehead atoms. The van der Waals surface area contributed by atoms with E-state index in [2.05, 4.69) is 6.92 Å². The van der Waals surface area contributed by atoms with Gasteiger partial charge in [-0.25, -0.2) is 0 Å². The Morgan fingerprint density at radius 1 is 1.33 bits per heavy atom. The van der Waals surface area contributed by atoms with E-state index in [-0.39, 0.29) is 29.6 Å². The van der Waals surface area contributed by atoms with Gasteiger partial charge < -0.3 is 5.11 Å². The van der Waals surface area contributed by atoms with Gasteiger partial charge in [0.2, 0.25) is 0 Å². The minimum absolute atomic E-state index is 0. The van der Waals surface area contributed by atoms with Gasteiger partial charge in [0.1, 0.15) is 0 Å². The van der Waals surface area contributed by atoms with E-state index in [4.69, 9.17) is 5.11 Å². The third-order valence-corrected chi connectivity index (χ3v) is 1.14. The van der Waals surface area contributed by atoms with Gasteiger partial charge in [-0.1, -0.05) is 19.8 Å². The molecule has 0 aromatic carbocycles. The van der Waals surface area contributed by atoms with Crippen LogP contribution in [0.3, 0.4) is 0 Å². The molecule has 0 heterocycles. The van der Waals surface area contributed by atoms with Crippen LogP contribution in [0.5, 0.6) is 0 Å². The molecule has 1 nitrogen and oxygen atoms in total. The van der Waals surface area contributed by atoms with Gasteiger partial charge in [-0.3, -0.25) is 0 Å². The molecule has 0 rings (SSSR count). The Hall–Kier alpha value is 0.960. The van der Waals surface area contributed by atoms with Crippen molar-refractivity contribution in [1.82, 2.24) is 0 Å². The fourth-order valence-electron chi connectivity index (χ4n) is 0.609. The van der Waals surface area contributed by atoms with Crippen LogP contribution in [0.1, 0.15) is 40.0 Å². The van der Waals surface area contributed by atoms with Crippen LogP contribution in [-0.4, -0.2) is 40.3 Å². The van der Waals surface area contributed by atoms with Crippen LogP contribution in [0.4, 0.5) is 0 Å². The molecule has 0 radical (unpaired) electrons. The molecule has 0 amide bonds. The van der Waals surface area contributed by atoms with E-state index < -0.39 is 5.60 Å². The number of rotatable bonds is 3. The van der Waals surface area contributed by atoms with Crippen molar-refractivity contribution < 1.29 is 5.11 Å². The molecule has 0 aliphatic carbocycles. The molecule has 0 unspecified atom stereocenters. The molecule has 0 atom stereocenters. The first-order chi connectivity index (χ1) is 3.56. The molecule has 0 saturated heterocycles. The van der Waals surface area contributed by atoms with E-state index in [1.54, 1.807) is 0 Å². The van der Waals surface area contributed by atoms with Crippen LogP contribution in [0.2, 0.25) is 0 Å². The van der Waals surface area contributed by atoms with Gasteiger partial charge in [0.25, 0.3) is 0 Å². The van der Waals surface area contributed by atoms with E-state index >= 15 is 0 Å². The van der Waals surface area contributed by atoms with Crippen molar-refractivity contribution in [2.75, 3.05) is 0 Å². The molecule has 2 heteroatoms. The van der Waals surface area contributed by atoms with Crippen molar-refractivity contribution in [2.24, 2.45) is 0 Å². The number of unbranched alkanes of at least 4 members (excludes halogenated alkanes) is 1. The number of hydrogen-bond donors (Lipinski definition) is 1. The summed E-state index contributed by atoms with van der Waals surface area (Å²) in [6.07, 6.45) is 3.22. The van der Waals surface area contributed by atoms with Crippen molar-refractivity contribution in [3.63, 3.8) is 0 Å². The van der Waals surface area contributed by atoms with E-state index in [1.807, 2.05) is 13.8 Å². The van der Waals surface area contributed by atoms with Gasteiger partial charge >= 0.3 is 29.6 Å². The zero-order valence-corrected chi connectivity index (χ0v) is 6.07. The van der Waals surface area contributed by atoms with Crippen LogP contribution in [0.15, 0.2) is 0 Å². The Balaban J connectivity index is 0. The van der Waals surface area contributed by atoms with Gasteiger partial charge in [-0.2, -0.15) is 0 Å². The Bertz CT molecular complexity index is 56.4. The molecule has 1 N–H and O–H groups in total. The summed E-state index contributed by atoms with van der Waals surface area (Å²) in [6.45, 7) is 5.83. The van der Waals surface area contributed by atoms with Gasteiger partial charge in [-0.15, -0.1) is 0 Å². The summed E-state index contributed by atoms with van der Waals surface area (Å²) in [4.78, 5) is 0.